The third kappa shape index (κ3) is 5.69. The van der Waals surface area contributed by atoms with E-state index in [1.54, 1.807) is 0 Å². The van der Waals surface area contributed by atoms with Crippen molar-refractivity contribution in [1.29, 1.82) is 0 Å². The molecule has 1 saturated carbocycles. The first-order valence-electron chi connectivity index (χ1n) is 8.12. The number of amides is 2. The van der Waals surface area contributed by atoms with Crippen molar-refractivity contribution in [3.05, 3.63) is 18.0 Å². The molecule has 0 aromatic carbocycles. The average Bonchev–Trinajstić information content (AvgIpc) is 2.94. The van der Waals surface area contributed by atoms with Crippen molar-refractivity contribution in [3.63, 3.8) is 0 Å². The lowest BCUT2D eigenvalue weighted by molar-refractivity contribution is -0.124. The van der Waals surface area contributed by atoms with Gasteiger partial charge in [-0.25, -0.2) is 0 Å². The second-order valence-electron chi connectivity index (χ2n) is 7.99. The smallest absolute Gasteiger partial charge is 0.224 e. The quantitative estimate of drug-likeness (QED) is 0.805. The van der Waals surface area contributed by atoms with Crippen LogP contribution >= 0.6 is 0 Å². The zero-order valence-corrected chi connectivity index (χ0v) is 14.4. The first kappa shape index (κ1) is 17.5. The van der Waals surface area contributed by atoms with E-state index in [2.05, 4.69) is 22.7 Å². The van der Waals surface area contributed by atoms with Crippen LogP contribution in [0.25, 0.3) is 0 Å². The monoisotopic (exact) mass is 321 g/mol. The zero-order chi connectivity index (χ0) is 17.1. The molecular weight excluding hydrogens is 294 g/mol. The van der Waals surface area contributed by atoms with E-state index in [0.29, 0.717) is 13.0 Å². The number of hydrogen-bond acceptors (Lipinski definition) is 4. The topological polar surface area (TPSA) is 84.2 Å². The van der Waals surface area contributed by atoms with Crippen molar-refractivity contribution in [2.45, 2.75) is 59.4 Å². The van der Waals surface area contributed by atoms with Crippen molar-refractivity contribution in [1.82, 2.24) is 15.8 Å². The highest BCUT2D eigenvalue weighted by Gasteiger charge is 2.39. The minimum absolute atomic E-state index is 0.0625. The van der Waals surface area contributed by atoms with E-state index >= 15 is 0 Å². The van der Waals surface area contributed by atoms with E-state index < -0.39 is 0 Å². The third-order valence-electron chi connectivity index (χ3n) is 4.42. The van der Waals surface area contributed by atoms with Crippen LogP contribution in [0.15, 0.2) is 17.0 Å². The lowest BCUT2D eigenvalue weighted by Gasteiger charge is -2.31. The minimum atomic E-state index is -0.152. The molecule has 128 valence electrons. The lowest BCUT2D eigenvalue weighted by atomic mass is 9.86. The predicted octanol–water partition coefficient (Wildman–Crippen LogP) is 2.05. The van der Waals surface area contributed by atoms with E-state index in [0.717, 1.165) is 18.4 Å². The Morgan fingerprint density at radius 3 is 2.57 bits per heavy atom. The molecule has 0 spiro atoms. The highest BCUT2D eigenvalue weighted by molar-refractivity contribution is 5.79. The molecule has 1 aliphatic carbocycles. The van der Waals surface area contributed by atoms with Gasteiger partial charge in [0.15, 0.2) is 0 Å². The minimum Gasteiger partial charge on any atom is -0.364 e. The van der Waals surface area contributed by atoms with Crippen LogP contribution in [0.5, 0.6) is 0 Å². The molecule has 1 atom stereocenters. The zero-order valence-electron chi connectivity index (χ0n) is 14.4. The number of rotatable bonds is 7. The maximum Gasteiger partial charge on any atom is 0.224 e. The largest absolute Gasteiger partial charge is 0.364 e. The van der Waals surface area contributed by atoms with Crippen LogP contribution < -0.4 is 10.6 Å². The summed E-state index contributed by atoms with van der Waals surface area (Å²) in [6.45, 7) is 8.71. The molecule has 2 rings (SSSR count). The van der Waals surface area contributed by atoms with Gasteiger partial charge in [-0.2, -0.15) is 0 Å². The highest BCUT2D eigenvalue weighted by atomic mass is 16.5. The lowest BCUT2D eigenvalue weighted by Crippen LogP contribution is -2.51. The Hall–Kier alpha value is -1.85. The summed E-state index contributed by atoms with van der Waals surface area (Å²) in [4.78, 5) is 24.2. The van der Waals surface area contributed by atoms with Gasteiger partial charge in [-0.1, -0.05) is 32.9 Å². The SMILES string of the molecule is CC1(CC(=O)NCC(NC(=O)Cc2cnoc2)C(C)(C)C)CC1. The number of hydrogen-bond donors (Lipinski definition) is 2. The summed E-state index contributed by atoms with van der Waals surface area (Å²) in [5.41, 5.74) is 0.778. The van der Waals surface area contributed by atoms with E-state index in [-0.39, 0.29) is 35.1 Å². The van der Waals surface area contributed by atoms with Crippen LogP contribution in [0.1, 0.15) is 52.5 Å². The molecule has 2 amide bonds. The van der Waals surface area contributed by atoms with Gasteiger partial charge in [0.1, 0.15) is 6.26 Å². The molecule has 1 fully saturated rings. The molecule has 6 nitrogen and oxygen atoms in total. The average molecular weight is 321 g/mol. The second-order valence-corrected chi connectivity index (χ2v) is 7.99. The van der Waals surface area contributed by atoms with E-state index in [1.165, 1.54) is 12.5 Å². The Bertz CT molecular complexity index is 542. The fourth-order valence-electron chi connectivity index (χ4n) is 2.37. The van der Waals surface area contributed by atoms with Crippen molar-refractivity contribution in [3.8, 4) is 0 Å². The van der Waals surface area contributed by atoms with E-state index in [4.69, 9.17) is 4.52 Å². The van der Waals surface area contributed by atoms with Gasteiger partial charge in [0, 0.05) is 18.5 Å². The highest BCUT2D eigenvalue weighted by Crippen LogP contribution is 2.47. The van der Waals surface area contributed by atoms with E-state index in [1.807, 2.05) is 20.8 Å². The summed E-state index contributed by atoms with van der Waals surface area (Å²) in [5.74, 6) is -0.0379. The molecule has 1 aromatic rings. The van der Waals surface area contributed by atoms with Gasteiger partial charge in [-0.05, 0) is 23.7 Å². The van der Waals surface area contributed by atoms with Crippen molar-refractivity contribution < 1.29 is 14.1 Å². The van der Waals surface area contributed by atoms with Crippen LogP contribution in [-0.2, 0) is 16.0 Å². The Labute approximate surface area is 137 Å². The van der Waals surface area contributed by atoms with Crippen LogP contribution in [0.2, 0.25) is 0 Å². The predicted molar refractivity (Wildman–Crippen MR) is 86.6 cm³/mol. The fraction of sp³-hybridized carbons (Fsp3) is 0.706. The van der Waals surface area contributed by atoms with Crippen LogP contribution in [0, 0.1) is 10.8 Å². The molecule has 6 heteroatoms. The molecule has 1 aromatic heterocycles. The molecule has 23 heavy (non-hydrogen) atoms. The van der Waals surface area contributed by atoms with Crippen molar-refractivity contribution >= 4 is 11.8 Å². The first-order valence-corrected chi connectivity index (χ1v) is 8.12. The summed E-state index contributed by atoms with van der Waals surface area (Å²) in [5, 5.41) is 9.56. The summed E-state index contributed by atoms with van der Waals surface area (Å²) in [6, 6.07) is -0.134. The maximum atomic E-state index is 12.2. The van der Waals surface area contributed by atoms with Gasteiger partial charge in [0.05, 0.1) is 18.7 Å². The summed E-state index contributed by atoms with van der Waals surface area (Å²) in [7, 11) is 0. The third-order valence-corrected chi connectivity index (χ3v) is 4.42. The molecule has 1 unspecified atom stereocenters. The molecule has 2 N–H and O–H groups in total. The molecule has 0 saturated heterocycles. The Morgan fingerprint density at radius 2 is 2.04 bits per heavy atom. The molecule has 0 radical (unpaired) electrons. The number of nitrogens with one attached hydrogen (secondary N) is 2. The summed E-state index contributed by atoms with van der Waals surface area (Å²) < 4.78 is 4.73. The summed E-state index contributed by atoms with van der Waals surface area (Å²) in [6.07, 6.45) is 6.03. The van der Waals surface area contributed by atoms with Crippen LogP contribution in [0.4, 0.5) is 0 Å². The van der Waals surface area contributed by atoms with Gasteiger partial charge in [-0.3, -0.25) is 9.59 Å². The first-order chi connectivity index (χ1) is 10.7. The standard InChI is InChI=1S/C17H27N3O3/c1-16(2,3)13(10-18-15(22)8-17(4)5-6-17)20-14(21)7-12-9-19-23-11-12/h9,11,13H,5-8,10H2,1-4H3,(H,18,22)(H,20,21). The van der Waals surface area contributed by atoms with Crippen LogP contribution in [0.3, 0.4) is 0 Å². The van der Waals surface area contributed by atoms with Crippen molar-refractivity contribution in [2.75, 3.05) is 6.54 Å². The normalized spacial score (nSPS) is 17.4. The molecule has 0 aliphatic heterocycles. The Balaban J connectivity index is 1.84. The van der Waals surface area contributed by atoms with Gasteiger partial charge >= 0.3 is 0 Å². The van der Waals surface area contributed by atoms with Gasteiger partial charge in [-0.15, -0.1) is 0 Å². The Kier molecular flexibility index (Phi) is 5.12. The van der Waals surface area contributed by atoms with Crippen LogP contribution in [-0.4, -0.2) is 29.6 Å². The molecule has 0 bridgehead atoms. The number of carbonyl (C=O) groups excluding carboxylic acids is 2. The van der Waals surface area contributed by atoms with Gasteiger partial charge in [0.25, 0.3) is 0 Å². The number of nitrogens with zero attached hydrogens (tertiary/aromatic N) is 1. The van der Waals surface area contributed by atoms with E-state index in [9.17, 15) is 9.59 Å². The van der Waals surface area contributed by atoms with Gasteiger partial charge < -0.3 is 15.2 Å². The number of carbonyl (C=O) groups is 2. The Morgan fingerprint density at radius 1 is 1.35 bits per heavy atom. The number of aromatic nitrogens is 1. The molecule has 1 aliphatic rings. The second kappa shape index (κ2) is 6.72. The summed E-state index contributed by atoms with van der Waals surface area (Å²) >= 11 is 0. The fourth-order valence-corrected chi connectivity index (χ4v) is 2.37. The maximum absolute atomic E-state index is 12.2. The molecule has 1 heterocycles. The van der Waals surface area contributed by atoms with Gasteiger partial charge in [0.2, 0.25) is 11.8 Å². The van der Waals surface area contributed by atoms with Crippen molar-refractivity contribution in [2.24, 2.45) is 10.8 Å². The molecular formula is C17H27N3O3.